The van der Waals surface area contributed by atoms with Crippen LogP contribution in [0, 0.1) is 6.92 Å². The second-order valence-corrected chi connectivity index (χ2v) is 8.13. The Kier molecular flexibility index (Phi) is 5.79. The van der Waals surface area contributed by atoms with Gasteiger partial charge in [0.15, 0.2) is 0 Å². The number of benzene rings is 2. The maximum absolute atomic E-state index is 12.8. The Labute approximate surface area is 179 Å². The zero-order valence-electron chi connectivity index (χ0n) is 16.1. The SMILES string of the molecule is Cc1cccc(NC2CCN(c3cnn(-c4ccc(Cl)cc4)c(=O)c3Cl)CC2)c1. The fourth-order valence-electron chi connectivity index (χ4n) is 3.65. The van der Waals surface area contributed by atoms with Gasteiger partial charge >= 0.3 is 0 Å². The molecule has 29 heavy (non-hydrogen) atoms. The maximum atomic E-state index is 12.8. The summed E-state index contributed by atoms with van der Waals surface area (Å²) in [5.74, 6) is 0. The van der Waals surface area contributed by atoms with Crippen LogP contribution in [0.2, 0.25) is 10.0 Å². The van der Waals surface area contributed by atoms with E-state index in [2.05, 4.69) is 46.5 Å². The third kappa shape index (κ3) is 4.41. The molecule has 3 aromatic rings. The molecule has 1 saturated heterocycles. The summed E-state index contributed by atoms with van der Waals surface area (Å²) in [4.78, 5) is 14.9. The molecular formula is C22H22Cl2N4O. The first-order valence-corrected chi connectivity index (χ1v) is 10.4. The van der Waals surface area contributed by atoms with Crippen molar-refractivity contribution < 1.29 is 0 Å². The zero-order chi connectivity index (χ0) is 20.4. The smallest absolute Gasteiger partial charge is 0.292 e. The number of nitrogens with one attached hydrogen (secondary N) is 1. The van der Waals surface area contributed by atoms with Crippen molar-refractivity contribution >= 4 is 34.6 Å². The van der Waals surface area contributed by atoms with Crippen LogP contribution in [-0.4, -0.2) is 28.9 Å². The third-order valence-corrected chi connectivity index (χ3v) is 5.80. The van der Waals surface area contributed by atoms with Crippen LogP contribution in [0.25, 0.3) is 5.69 Å². The molecule has 1 N–H and O–H groups in total. The van der Waals surface area contributed by atoms with Crippen LogP contribution in [0.3, 0.4) is 0 Å². The molecular weight excluding hydrogens is 407 g/mol. The quantitative estimate of drug-likeness (QED) is 0.639. The lowest BCUT2D eigenvalue weighted by molar-refractivity contribution is 0.525. The highest BCUT2D eigenvalue weighted by Crippen LogP contribution is 2.26. The number of anilines is 2. The minimum absolute atomic E-state index is 0.194. The molecule has 150 valence electrons. The van der Waals surface area contributed by atoms with Crippen LogP contribution in [0.5, 0.6) is 0 Å². The molecule has 0 unspecified atom stereocenters. The van der Waals surface area contributed by atoms with Gasteiger partial charge in [0.2, 0.25) is 0 Å². The van der Waals surface area contributed by atoms with Crippen LogP contribution < -0.4 is 15.8 Å². The summed E-state index contributed by atoms with van der Waals surface area (Å²) in [6, 6.07) is 15.7. The highest BCUT2D eigenvalue weighted by Gasteiger charge is 2.23. The van der Waals surface area contributed by atoms with Gasteiger partial charge in [-0.15, -0.1) is 0 Å². The van der Waals surface area contributed by atoms with E-state index in [4.69, 9.17) is 23.2 Å². The van der Waals surface area contributed by atoms with E-state index in [9.17, 15) is 4.79 Å². The maximum Gasteiger partial charge on any atom is 0.292 e. The molecule has 1 aromatic heterocycles. The predicted octanol–water partition coefficient (Wildman–Crippen LogP) is 4.93. The normalized spacial score (nSPS) is 14.8. The van der Waals surface area contributed by atoms with Gasteiger partial charge in [0.25, 0.3) is 5.56 Å². The third-order valence-electron chi connectivity index (χ3n) is 5.20. The molecule has 1 aliphatic rings. The van der Waals surface area contributed by atoms with Gasteiger partial charge in [-0.05, 0) is 61.7 Å². The van der Waals surface area contributed by atoms with Crippen molar-refractivity contribution in [3.8, 4) is 5.69 Å². The fourth-order valence-corrected chi connectivity index (χ4v) is 4.02. The molecule has 4 rings (SSSR count). The molecule has 2 heterocycles. The number of rotatable bonds is 4. The summed E-state index contributed by atoms with van der Waals surface area (Å²) >= 11 is 12.4. The minimum Gasteiger partial charge on any atom is -0.382 e. The van der Waals surface area contributed by atoms with Crippen molar-refractivity contribution in [2.45, 2.75) is 25.8 Å². The molecule has 0 aliphatic carbocycles. The lowest BCUT2D eigenvalue weighted by atomic mass is 10.0. The molecule has 1 fully saturated rings. The van der Waals surface area contributed by atoms with Crippen molar-refractivity contribution in [2.75, 3.05) is 23.3 Å². The van der Waals surface area contributed by atoms with E-state index in [-0.39, 0.29) is 10.6 Å². The van der Waals surface area contributed by atoms with E-state index in [0.717, 1.165) is 31.6 Å². The summed E-state index contributed by atoms with van der Waals surface area (Å²) in [5, 5.41) is 8.73. The molecule has 7 heteroatoms. The Bertz CT molecular complexity index is 1060. The van der Waals surface area contributed by atoms with E-state index in [0.29, 0.717) is 22.4 Å². The van der Waals surface area contributed by atoms with Gasteiger partial charge in [-0.3, -0.25) is 4.79 Å². The van der Waals surface area contributed by atoms with E-state index in [1.54, 1.807) is 30.5 Å². The van der Waals surface area contributed by atoms with Crippen LogP contribution in [0.15, 0.2) is 59.5 Å². The van der Waals surface area contributed by atoms with Gasteiger partial charge in [0.05, 0.1) is 17.6 Å². The highest BCUT2D eigenvalue weighted by atomic mass is 35.5. The number of aryl methyl sites for hydroxylation is 1. The Morgan fingerprint density at radius 3 is 2.48 bits per heavy atom. The molecule has 0 bridgehead atoms. The molecule has 2 aromatic carbocycles. The van der Waals surface area contributed by atoms with Crippen LogP contribution in [0.1, 0.15) is 18.4 Å². The van der Waals surface area contributed by atoms with Crippen LogP contribution in [0.4, 0.5) is 11.4 Å². The number of halogens is 2. The Balaban J connectivity index is 1.46. The van der Waals surface area contributed by atoms with Gasteiger partial charge in [-0.2, -0.15) is 9.78 Å². The summed E-state index contributed by atoms with van der Waals surface area (Å²) in [6.45, 7) is 3.72. The van der Waals surface area contributed by atoms with Crippen molar-refractivity contribution in [1.29, 1.82) is 0 Å². The van der Waals surface area contributed by atoms with Gasteiger partial charge in [-0.1, -0.05) is 35.3 Å². The van der Waals surface area contributed by atoms with Gasteiger partial charge in [-0.25, -0.2) is 0 Å². The van der Waals surface area contributed by atoms with E-state index in [1.165, 1.54) is 10.2 Å². The average Bonchev–Trinajstić information content (AvgIpc) is 2.72. The lowest BCUT2D eigenvalue weighted by Crippen LogP contribution is -2.40. The predicted molar refractivity (Wildman–Crippen MR) is 120 cm³/mol. The Morgan fingerprint density at radius 1 is 1.07 bits per heavy atom. The average molecular weight is 429 g/mol. The number of aromatic nitrogens is 2. The molecule has 0 radical (unpaired) electrons. The largest absolute Gasteiger partial charge is 0.382 e. The van der Waals surface area contributed by atoms with Crippen molar-refractivity contribution in [2.24, 2.45) is 0 Å². The lowest BCUT2D eigenvalue weighted by Gasteiger charge is -2.34. The first-order chi connectivity index (χ1) is 14.0. The first kappa shape index (κ1) is 19.8. The zero-order valence-corrected chi connectivity index (χ0v) is 17.6. The van der Waals surface area contributed by atoms with Gasteiger partial charge in [0.1, 0.15) is 5.02 Å². The second kappa shape index (κ2) is 8.47. The molecule has 5 nitrogen and oxygen atoms in total. The number of hydrogen-bond acceptors (Lipinski definition) is 4. The Morgan fingerprint density at radius 2 is 1.79 bits per heavy atom. The fraction of sp³-hybridized carbons (Fsp3) is 0.273. The van der Waals surface area contributed by atoms with Crippen molar-refractivity contribution in [3.63, 3.8) is 0 Å². The van der Waals surface area contributed by atoms with E-state index < -0.39 is 0 Å². The van der Waals surface area contributed by atoms with Crippen LogP contribution >= 0.6 is 23.2 Å². The van der Waals surface area contributed by atoms with E-state index in [1.807, 2.05) is 0 Å². The summed E-state index contributed by atoms with van der Waals surface area (Å²) in [7, 11) is 0. The monoisotopic (exact) mass is 428 g/mol. The van der Waals surface area contributed by atoms with Gasteiger partial charge < -0.3 is 10.2 Å². The summed E-state index contributed by atoms with van der Waals surface area (Å²) in [6.07, 6.45) is 3.60. The van der Waals surface area contributed by atoms with E-state index >= 15 is 0 Å². The van der Waals surface area contributed by atoms with Crippen molar-refractivity contribution in [3.05, 3.63) is 80.7 Å². The standard InChI is InChI=1S/C22H22Cl2N4O/c1-15-3-2-4-18(13-15)26-17-9-11-27(12-10-17)20-14-25-28(22(29)21(20)24)19-7-5-16(23)6-8-19/h2-8,13-14,17,26H,9-12H2,1H3. The minimum atomic E-state index is -0.327. The number of nitrogens with zero attached hydrogens (tertiary/aromatic N) is 3. The molecule has 0 saturated carbocycles. The van der Waals surface area contributed by atoms with Crippen molar-refractivity contribution in [1.82, 2.24) is 9.78 Å². The van der Waals surface area contributed by atoms with Gasteiger partial charge in [0, 0.05) is 29.8 Å². The van der Waals surface area contributed by atoms with Crippen LogP contribution in [-0.2, 0) is 0 Å². The molecule has 1 aliphatic heterocycles. The highest BCUT2D eigenvalue weighted by molar-refractivity contribution is 6.33. The molecule has 0 spiro atoms. The Hall–Kier alpha value is -2.50. The summed E-state index contributed by atoms with van der Waals surface area (Å²) in [5.41, 5.74) is 3.39. The summed E-state index contributed by atoms with van der Waals surface area (Å²) < 4.78 is 1.30. The topological polar surface area (TPSA) is 50.2 Å². The number of hydrogen-bond donors (Lipinski definition) is 1. The number of piperidine rings is 1. The second-order valence-electron chi connectivity index (χ2n) is 7.31. The molecule has 0 atom stereocenters. The first-order valence-electron chi connectivity index (χ1n) is 9.63. The molecule has 0 amide bonds.